The first-order chi connectivity index (χ1) is 15.2. The minimum absolute atomic E-state index is 0.198. The van der Waals surface area contributed by atoms with Crippen LogP contribution in [0.3, 0.4) is 0 Å². The molecule has 0 unspecified atom stereocenters. The van der Waals surface area contributed by atoms with Gasteiger partial charge in [-0.1, -0.05) is 30.3 Å². The Morgan fingerprint density at radius 2 is 1.53 bits per heavy atom. The van der Waals surface area contributed by atoms with Gasteiger partial charge in [-0.25, -0.2) is 13.2 Å². The van der Waals surface area contributed by atoms with Crippen molar-refractivity contribution in [3.05, 3.63) is 72.3 Å². The maximum absolute atomic E-state index is 12.2. The Labute approximate surface area is 183 Å². The Hall–Kier alpha value is -3.76. The number of benzene rings is 3. The first-order valence-electron chi connectivity index (χ1n) is 9.13. The third-order valence-corrected chi connectivity index (χ3v) is 4.66. The predicted octanol–water partition coefficient (Wildman–Crippen LogP) is 3.40. The zero-order valence-electron chi connectivity index (χ0n) is 17.0. The minimum Gasteiger partial charge on any atom is -0.722 e. The molecular weight excluding hydrogens is 441 g/mol. The second-order valence-electron chi connectivity index (χ2n) is 6.46. The number of halogens is 1. The molecule has 1 N–H and O–H groups in total. The van der Waals surface area contributed by atoms with Crippen molar-refractivity contribution in [2.75, 3.05) is 14.2 Å². The third kappa shape index (κ3) is 4.61. The lowest BCUT2D eigenvalue weighted by atomic mass is 10.00. The summed E-state index contributed by atoms with van der Waals surface area (Å²) in [5.41, 5.74) is 2.67. The van der Waals surface area contributed by atoms with Crippen molar-refractivity contribution in [1.82, 2.24) is 0 Å². The smallest absolute Gasteiger partial charge is 0.337 e. The second kappa shape index (κ2) is 9.16. The van der Waals surface area contributed by atoms with E-state index in [1.54, 1.807) is 6.07 Å². The van der Waals surface area contributed by atoms with Crippen molar-refractivity contribution >= 4 is 38.3 Å². The summed E-state index contributed by atoms with van der Waals surface area (Å²) < 4.78 is 48.4. The molecule has 0 aliphatic carbocycles. The van der Waals surface area contributed by atoms with Gasteiger partial charge in [0.2, 0.25) is 16.7 Å². The molecule has 0 amide bonds. The highest BCUT2D eigenvalue weighted by Crippen LogP contribution is 2.39. The first kappa shape index (κ1) is 22.9. The van der Waals surface area contributed by atoms with Crippen LogP contribution in [0.4, 0.5) is 3.89 Å². The van der Waals surface area contributed by atoms with Crippen molar-refractivity contribution in [1.29, 1.82) is 0 Å². The molecule has 0 spiro atoms. The van der Waals surface area contributed by atoms with Crippen LogP contribution in [-0.2, 0) is 10.5 Å². The van der Waals surface area contributed by atoms with Crippen molar-refractivity contribution in [3.63, 3.8) is 0 Å². The van der Waals surface area contributed by atoms with Crippen molar-refractivity contribution in [3.8, 4) is 17.2 Å². The minimum atomic E-state index is -5.42. The number of fused-ring (bicyclic) bond motifs is 2. The molecule has 0 aliphatic heterocycles. The molecule has 0 radical (unpaired) electrons. The Morgan fingerprint density at radius 3 is 2.09 bits per heavy atom. The number of aromatic carboxylic acids is 1. The molecule has 4 aromatic rings. The molecule has 4 rings (SSSR count). The van der Waals surface area contributed by atoms with Gasteiger partial charge in [-0.05, 0) is 12.1 Å². The fourth-order valence-corrected chi connectivity index (χ4v) is 3.57. The first-order valence-corrected chi connectivity index (χ1v) is 10.4. The summed E-state index contributed by atoms with van der Waals surface area (Å²) in [5.74, 6) is -0.117. The molecule has 32 heavy (non-hydrogen) atoms. The molecule has 3 aromatic carbocycles. The fraction of sp³-hybridized carbons (Fsp3) is 0.0909. The summed E-state index contributed by atoms with van der Waals surface area (Å²) in [7, 11) is -2.36. The number of ether oxygens (including phenoxy) is 2. The summed E-state index contributed by atoms with van der Waals surface area (Å²) in [5, 5.41) is 11.2. The normalized spacial score (nSPS) is 11.0. The van der Waals surface area contributed by atoms with E-state index >= 15 is 0 Å². The average Bonchev–Trinajstić information content (AvgIpc) is 2.75. The largest absolute Gasteiger partial charge is 0.722 e. The SMILES string of the molecule is COc1ccc2c(c1OC)c(C(=O)O)c1ccccc1[n+]2-c1ccccc1.O=S(=O)([O-])F. The monoisotopic (exact) mass is 459 g/mol. The summed E-state index contributed by atoms with van der Waals surface area (Å²) in [6, 6.07) is 21.0. The number of carbonyl (C=O) groups is 1. The zero-order chi connectivity index (χ0) is 23.5. The van der Waals surface area contributed by atoms with Crippen LogP contribution in [0.15, 0.2) is 66.7 Å². The van der Waals surface area contributed by atoms with E-state index in [1.165, 1.54) is 14.2 Å². The van der Waals surface area contributed by atoms with E-state index in [-0.39, 0.29) is 5.56 Å². The highest BCUT2D eigenvalue weighted by Gasteiger charge is 2.29. The standard InChI is InChI=1S/C22H17NO4.FHO3S/c1-26-18-13-12-17-20(21(18)27-2)19(22(24)25)15-10-6-7-11-16(15)23(17)14-8-4-3-5-9-14;1-5(2,3)4/h3-13H,1-2H3;(H,2,3,4). The van der Waals surface area contributed by atoms with E-state index in [0.717, 1.165) is 16.7 Å². The molecule has 8 nitrogen and oxygen atoms in total. The Bertz CT molecular complexity index is 1400. The lowest BCUT2D eigenvalue weighted by molar-refractivity contribution is -0.538. The van der Waals surface area contributed by atoms with Crippen molar-refractivity contribution in [2.24, 2.45) is 0 Å². The number of para-hydroxylation sites is 2. The van der Waals surface area contributed by atoms with Gasteiger partial charge in [-0.3, -0.25) is 0 Å². The molecule has 10 heteroatoms. The zero-order valence-corrected chi connectivity index (χ0v) is 17.8. The number of carboxylic acids is 1. The second-order valence-corrected chi connectivity index (χ2v) is 7.24. The lowest BCUT2D eigenvalue weighted by Crippen LogP contribution is -2.33. The van der Waals surface area contributed by atoms with Gasteiger partial charge >= 0.3 is 5.97 Å². The summed E-state index contributed by atoms with van der Waals surface area (Å²) in [6.07, 6.45) is 0. The lowest BCUT2D eigenvalue weighted by Gasteiger charge is -2.14. The molecule has 1 aromatic heterocycles. The van der Waals surface area contributed by atoms with Gasteiger partial charge in [0.15, 0.2) is 11.5 Å². The number of hydrogen-bond acceptors (Lipinski definition) is 6. The third-order valence-electron chi connectivity index (χ3n) is 4.66. The van der Waals surface area contributed by atoms with Gasteiger partial charge in [0.05, 0.1) is 25.2 Å². The van der Waals surface area contributed by atoms with Gasteiger partial charge in [-0.15, -0.1) is 3.89 Å². The molecule has 0 fully saturated rings. The molecule has 0 aliphatic rings. The predicted molar refractivity (Wildman–Crippen MR) is 114 cm³/mol. The number of hydrogen-bond donors (Lipinski definition) is 1. The van der Waals surface area contributed by atoms with Gasteiger partial charge < -0.3 is 19.1 Å². The molecule has 0 saturated heterocycles. The van der Waals surface area contributed by atoms with E-state index in [9.17, 15) is 13.8 Å². The van der Waals surface area contributed by atoms with Gasteiger partial charge in [0.1, 0.15) is 5.39 Å². The molecular formula is C22H18FNO7S. The summed E-state index contributed by atoms with van der Waals surface area (Å²) in [4.78, 5) is 12.2. The number of rotatable bonds is 4. The van der Waals surface area contributed by atoms with Gasteiger partial charge in [0.25, 0.3) is 10.5 Å². The van der Waals surface area contributed by atoms with E-state index in [4.69, 9.17) is 22.4 Å². The van der Waals surface area contributed by atoms with Crippen LogP contribution in [-0.4, -0.2) is 38.3 Å². The summed E-state index contributed by atoms with van der Waals surface area (Å²) >= 11 is 0. The maximum Gasteiger partial charge on any atom is 0.337 e. The van der Waals surface area contributed by atoms with Crippen LogP contribution >= 0.6 is 0 Å². The fourth-order valence-electron chi connectivity index (χ4n) is 3.57. The van der Waals surface area contributed by atoms with Crippen LogP contribution in [0.25, 0.3) is 27.5 Å². The Kier molecular flexibility index (Phi) is 6.56. The molecule has 166 valence electrons. The number of methoxy groups -OCH3 is 2. The average molecular weight is 459 g/mol. The van der Waals surface area contributed by atoms with E-state index in [0.29, 0.717) is 22.3 Å². The maximum atomic E-state index is 12.2. The highest BCUT2D eigenvalue weighted by molar-refractivity contribution is 7.80. The number of pyridine rings is 1. The van der Waals surface area contributed by atoms with Gasteiger partial charge in [0, 0.05) is 24.3 Å². The van der Waals surface area contributed by atoms with Crippen molar-refractivity contribution < 1.29 is 40.8 Å². The van der Waals surface area contributed by atoms with Crippen LogP contribution in [0, 0.1) is 0 Å². The van der Waals surface area contributed by atoms with Crippen LogP contribution in [0.5, 0.6) is 11.5 Å². The number of aromatic nitrogens is 1. The summed E-state index contributed by atoms with van der Waals surface area (Å²) in [6.45, 7) is 0. The quantitative estimate of drug-likeness (QED) is 0.215. The van der Waals surface area contributed by atoms with Crippen LogP contribution in [0.1, 0.15) is 10.4 Å². The number of carboxylic acid groups (broad SMARTS) is 1. The molecule has 1 heterocycles. The van der Waals surface area contributed by atoms with E-state index < -0.39 is 16.5 Å². The van der Waals surface area contributed by atoms with E-state index in [1.807, 2.05) is 65.2 Å². The van der Waals surface area contributed by atoms with Crippen molar-refractivity contribution in [2.45, 2.75) is 0 Å². The van der Waals surface area contributed by atoms with Gasteiger partial charge in [-0.2, -0.15) is 4.57 Å². The Morgan fingerprint density at radius 1 is 0.938 bits per heavy atom. The van der Waals surface area contributed by atoms with E-state index in [2.05, 4.69) is 0 Å². The topological polar surface area (TPSA) is 117 Å². The molecule has 0 bridgehead atoms. The molecule has 0 saturated carbocycles. The number of nitrogens with zero attached hydrogens (tertiary/aromatic N) is 1. The van der Waals surface area contributed by atoms with Crippen LogP contribution in [0.2, 0.25) is 0 Å². The molecule has 0 atom stereocenters. The Balaban J connectivity index is 0.000000523. The van der Waals surface area contributed by atoms with Crippen LogP contribution < -0.4 is 14.0 Å². The highest BCUT2D eigenvalue weighted by atomic mass is 32.3.